The maximum absolute atomic E-state index is 11.1. The highest BCUT2D eigenvalue weighted by atomic mass is 16.6. The summed E-state index contributed by atoms with van der Waals surface area (Å²) in [6, 6.07) is 2.89. The molecule has 7 heteroatoms. The van der Waals surface area contributed by atoms with Crippen LogP contribution in [0.5, 0.6) is 11.5 Å². The number of rotatable bonds is 7. The Kier molecular flexibility index (Phi) is 5.31. The lowest BCUT2D eigenvalue weighted by Crippen LogP contribution is -2.09. The number of carboxylic acids is 1. The summed E-state index contributed by atoms with van der Waals surface area (Å²) in [6.07, 6.45) is -0.161. The Balaban J connectivity index is 3.23. The summed E-state index contributed by atoms with van der Waals surface area (Å²) in [5.41, 5.74) is 0.297. The predicted molar refractivity (Wildman–Crippen MR) is 71.4 cm³/mol. The van der Waals surface area contributed by atoms with Crippen LogP contribution < -0.4 is 9.47 Å². The van der Waals surface area contributed by atoms with Gasteiger partial charge in [0.1, 0.15) is 0 Å². The molecule has 0 saturated carbocycles. The van der Waals surface area contributed by atoms with Gasteiger partial charge < -0.3 is 14.6 Å². The first-order chi connectivity index (χ1) is 9.35. The maximum atomic E-state index is 11.1. The number of methoxy groups -OCH3 is 1. The van der Waals surface area contributed by atoms with E-state index >= 15 is 0 Å². The molecule has 20 heavy (non-hydrogen) atoms. The minimum absolute atomic E-state index is 0.0616. The Labute approximate surface area is 116 Å². The minimum Gasteiger partial charge on any atom is -0.493 e. The van der Waals surface area contributed by atoms with Crippen LogP contribution in [0.15, 0.2) is 12.1 Å². The van der Waals surface area contributed by atoms with Gasteiger partial charge in [-0.2, -0.15) is 0 Å². The molecule has 0 atom stereocenters. The first-order valence-corrected chi connectivity index (χ1v) is 6.09. The molecule has 0 saturated heterocycles. The van der Waals surface area contributed by atoms with Crippen molar-refractivity contribution in [1.82, 2.24) is 0 Å². The fraction of sp³-hybridized carbons (Fsp3) is 0.462. The van der Waals surface area contributed by atoms with Gasteiger partial charge in [-0.1, -0.05) is 0 Å². The molecule has 0 aliphatic heterocycles. The third-order valence-corrected chi connectivity index (χ3v) is 2.49. The van der Waals surface area contributed by atoms with Gasteiger partial charge in [-0.05, 0) is 31.9 Å². The second kappa shape index (κ2) is 6.74. The third kappa shape index (κ3) is 4.11. The molecular weight excluding hydrogens is 266 g/mol. The summed E-state index contributed by atoms with van der Waals surface area (Å²) >= 11 is 0. The highest BCUT2D eigenvalue weighted by molar-refractivity contribution is 5.67. The molecule has 0 aliphatic rings. The first-order valence-electron chi connectivity index (χ1n) is 6.09. The van der Waals surface area contributed by atoms with Gasteiger partial charge in [-0.3, -0.25) is 14.9 Å². The van der Waals surface area contributed by atoms with E-state index in [0.717, 1.165) is 0 Å². The smallest absolute Gasteiger partial charge is 0.315 e. The molecule has 0 aromatic heterocycles. The SMILES string of the molecule is COc1cc(CCC(=O)O)cc([N+](=O)[O-])c1OC(C)C. The highest BCUT2D eigenvalue weighted by Gasteiger charge is 2.23. The molecule has 0 aliphatic carbocycles. The van der Waals surface area contributed by atoms with E-state index in [4.69, 9.17) is 14.6 Å². The Morgan fingerprint density at radius 1 is 1.45 bits per heavy atom. The lowest BCUT2D eigenvalue weighted by molar-refractivity contribution is -0.386. The second-order valence-electron chi connectivity index (χ2n) is 4.46. The summed E-state index contributed by atoms with van der Waals surface area (Å²) in [4.78, 5) is 21.1. The lowest BCUT2D eigenvalue weighted by atomic mass is 10.1. The number of nitro benzene ring substituents is 1. The number of nitrogens with zero attached hydrogens (tertiary/aromatic N) is 1. The van der Waals surface area contributed by atoms with Crippen molar-refractivity contribution < 1.29 is 24.3 Å². The van der Waals surface area contributed by atoms with Crippen LogP contribution in [0, 0.1) is 10.1 Å². The van der Waals surface area contributed by atoms with Crippen LogP contribution in [-0.4, -0.2) is 29.2 Å². The van der Waals surface area contributed by atoms with Crippen LogP contribution in [0.25, 0.3) is 0 Å². The molecule has 110 valence electrons. The third-order valence-electron chi connectivity index (χ3n) is 2.49. The number of aryl methyl sites for hydroxylation is 1. The second-order valence-corrected chi connectivity index (χ2v) is 4.46. The number of ether oxygens (including phenoxy) is 2. The number of carboxylic acid groups (broad SMARTS) is 1. The number of hydrogen-bond donors (Lipinski definition) is 1. The molecule has 0 unspecified atom stereocenters. The summed E-state index contributed by atoms with van der Waals surface area (Å²) in [5, 5.41) is 19.8. The van der Waals surface area contributed by atoms with Crippen LogP contribution in [0.4, 0.5) is 5.69 Å². The average molecular weight is 283 g/mol. The standard InChI is InChI=1S/C13H17NO6/c1-8(2)20-13-10(14(17)18)6-9(4-5-12(15)16)7-11(13)19-3/h6-8H,4-5H2,1-3H3,(H,15,16). The van der Waals surface area contributed by atoms with Gasteiger partial charge in [-0.15, -0.1) is 0 Å². The van der Waals surface area contributed by atoms with Crippen LogP contribution in [0.1, 0.15) is 25.8 Å². The summed E-state index contributed by atoms with van der Waals surface area (Å²) < 4.78 is 10.5. The van der Waals surface area contributed by atoms with Gasteiger partial charge in [0.25, 0.3) is 0 Å². The Morgan fingerprint density at radius 3 is 2.55 bits per heavy atom. The molecule has 1 aromatic carbocycles. The topological polar surface area (TPSA) is 98.9 Å². The molecule has 1 rings (SSSR count). The van der Waals surface area contributed by atoms with Crippen LogP contribution in [-0.2, 0) is 11.2 Å². The van der Waals surface area contributed by atoms with Crippen molar-refractivity contribution in [3.05, 3.63) is 27.8 Å². The predicted octanol–water partition coefficient (Wildman–Crippen LogP) is 2.41. The van der Waals surface area contributed by atoms with E-state index in [-0.39, 0.29) is 36.1 Å². The minimum atomic E-state index is -0.964. The molecule has 0 radical (unpaired) electrons. The van der Waals surface area contributed by atoms with Gasteiger partial charge in [0.15, 0.2) is 5.75 Å². The highest BCUT2D eigenvalue weighted by Crippen LogP contribution is 2.39. The largest absolute Gasteiger partial charge is 0.493 e. The number of nitro groups is 1. The van der Waals surface area contributed by atoms with E-state index in [1.165, 1.54) is 13.2 Å². The van der Waals surface area contributed by atoms with Crippen molar-refractivity contribution in [3.8, 4) is 11.5 Å². The van der Waals surface area contributed by atoms with E-state index in [1.807, 2.05) is 0 Å². The molecule has 0 fully saturated rings. The van der Waals surface area contributed by atoms with Crippen molar-refractivity contribution in [2.24, 2.45) is 0 Å². The molecule has 0 heterocycles. The molecule has 0 amide bonds. The van der Waals surface area contributed by atoms with Crippen LogP contribution in [0.3, 0.4) is 0 Å². The summed E-state index contributed by atoms with van der Waals surface area (Å²) in [7, 11) is 1.38. The van der Waals surface area contributed by atoms with Crippen LogP contribution in [0.2, 0.25) is 0 Å². The van der Waals surface area contributed by atoms with Crippen molar-refractivity contribution in [2.75, 3.05) is 7.11 Å². The number of carbonyl (C=O) groups is 1. The quantitative estimate of drug-likeness (QED) is 0.609. The van der Waals surface area contributed by atoms with E-state index in [0.29, 0.717) is 5.56 Å². The van der Waals surface area contributed by atoms with Gasteiger partial charge in [0.2, 0.25) is 5.75 Å². The zero-order valence-electron chi connectivity index (χ0n) is 11.6. The van der Waals surface area contributed by atoms with Crippen molar-refractivity contribution >= 4 is 11.7 Å². The lowest BCUT2D eigenvalue weighted by Gasteiger charge is -2.14. The van der Waals surface area contributed by atoms with Gasteiger partial charge in [-0.25, -0.2) is 0 Å². The van der Waals surface area contributed by atoms with Gasteiger partial charge >= 0.3 is 11.7 Å². The number of benzene rings is 1. The Hall–Kier alpha value is -2.31. The fourth-order valence-electron chi connectivity index (χ4n) is 1.68. The maximum Gasteiger partial charge on any atom is 0.315 e. The van der Waals surface area contributed by atoms with Crippen molar-refractivity contribution in [3.63, 3.8) is 0 Å². The summed E-state index contributed by atoms with van der Waals surface area (Å²) in [5.74, 6) is -0.672. The van der Waals surface area contributed by atoms with Crippen molar-refractivity contribution in [1.29, 1.82) is 0 Å². The Bertz CT molecular complexity index is 512. The van der Waals surface area contributed by atoms with E-state index in [2.05, 4.69) is 0 Å². The number of hydrogen-bond acceptors (Lipinski definition) is 5. The van der Waals surface area contributed by atoms with E-state index in [1.54, 1.807) is 19.9 Å². The average Bonchev–Trinajstić information content (AvgIpc) is 2.36. The van der Waals surface area contributed by atoms with Gasteiger partial charge in [0, 0.05) is 12.5 Å². The number of aliphatic carboxylic acids is 1. The molecule has 0 bridgehead atoms. The first kappa shape index (κ1) is 15.7. The van der Waals surface area contributed by atoms with Gasteiger partial charge in [0.05, 0.1) is 18.1 Å². The zero-order chi connectivity index (χ0) is 15.3. The zero-order valence-corrected chi connectivity index (χ0v) is 11.6. The summed E-state index contributed by atoms with van der Waals surface area (Å²) in [6.45, 7) is 3.50. The molecule has 0 spiro atoms. The molecule has 1 aromatic rings. The molecule has 1 N–H and O–H groups in total. The van der Waals surface area contributed by atoms with E-state index < -0.39 is 10.9 Å². The normalized spacial score (nSPS) is 10.4. The molecule has 7 nitrogen and oxygen atoms in total. The van der Waals surface area contributed by atoms with E-state index in [9.17, 15) is 14.9 Å². The fourth-order valence-corrected chi connectivity index (χ4v) is 1.68. The van der Waals surface area contributed by atoms with Crippen LogP contribution >= 0.6 is 0 Å². The molecular formula is C13H17NO6. The Morgan fingerprint density at radius 2 is 2.10 bits per heavy atom. The monoisotopic (exact) mass is 283 g/mol. The van der Waals surface area contributed by atoms with Crippen molar-refractivity contribution in [2.45, 2.75) is 32.8 Å².